The van der Waals surface area contributed by atoms with Crippen LogP contribution < -0.4 is 16.0 Å². The Morgan fingerprint density at radius 3 is 2.34 bits per heavy atom. The van der Waals surface area contributed by atoms with Gasteiger partial charge in [0.2, 0.25) is 0 Å². The second-order valence-electron chi connectivity index (χ2n) is 8.35. The molecule has 1 aromatic heterocycles. The van der Waals surface area contributed by atoms with Crippen LogP contribution in [0.15, 0.2) is 48.7 Å². The van der Waals surface area contributed by atoms with Gasteiger partial charge in [-0.2, -0.15) is 0 Å². The molecule has 1 aliphatic heterocycles. The number of carbonyl (C=O) groups is 2. The van der Waals surface area contributed by atoms with E-state index in [1.54, 1.807) is 17.0 Å². The zero-order valence-corrected chi connectivity index (χ0v) is 16.9. The number of urea groups is 1. The van der Waals surface area contributed by atoms with Crippen molar-refractivity contribution in [2.24, 2.45) is 5.73 Å². The van der Waals surface area contributed by atoms with E-state index in [1.807, 2.05) is 6.07 Å². The summed E-state index contributed by atoms with van der Waals surface area (Å²) < 4.78 is 0. The number of nitrogens with two attached hydrogens (primary N) is 1. The topological polar surface area (TPSA) is 91.6 Å². The van der Waals surface area contributed by atoms with Crippen LogP contribution in [0.2, 0.25) is 0 Å². The van der Waals surface area contributed by atoms with Gasteiger partial charge in [-0.25, -0.2) is 9.78 Å². The number of pyridine rings is 1. The maximum Gasteiger partial charge on any atom is 0.322 e. The number of amides is 3. The number of nitrogens with zero attached hydrogens (tertiary/aromatic N) is 3. The minimum atomic E-state index is -0.577. The van der Waals surface area contributed by atoms with Crippen molar-refractivity contribution in [2.45, 2.75) is 36.8 Å². The molecule has 3 amide bonds. The highest BCUT2D eigenvalue weighted by Gasteiger charge is 2.50. The van der Waals surface area contributed by atoms with E-state index in [1.165, 1.54) is 11.8 Å². The van der Waals surface area contributed by atoms with Gasteiger partial charge in [-0.05, 0) is 57.5 Å². The third-order valence-electron chi connectivity index (χ3n) is 6.59. The highest BCUT2D eigenvalue weighted by molar-refractivity contribution is 5.96. The third-order valence-corrected chi connectivity index (χ3v) is 6.59. The summed E-state index contributed by atoms with van der Waals surface area (Å²) in [5.41, 5.74) is 7.19. The van der Waals surface area contributed by atoms with Crippen molar-refractivity contribution in [1.29, 1.82) is 0 Å². The number of aromatic nitrogens is 1. The fraction of sp³-hybridized carbons (Fsp3) is 0.409. The molecule has 2 fully saturated rings. The van der Waals surface area contributed by atoms with Crippen molar-refractivity contribution in [1.82, 2.24) is 15.2 Å². The first-order valence-corrected chi connectivity index (χ1v) is 9.94. The number of primary amides is 1. The molecule has 2 heterocycles. The first kappa shape index (κ1) is 19.4. The van der Waals surface area contributed by atoms with Crippen LogP contribution in [0.3, 0.4) is 0 Å². The number of anilines is 1. The van der Waals surface area contributed by atoms with Gasteiger partial charge in [-0.15, -0.1) is 0 Å². The Labute approximate surface area is 170 Å². The molecule has 29 heavy (non-hydrogen) atoms. The van der Waals surface area contributed by atoms with Crippen LogP contribution in [0.1, 0.15) is 41.7 Å². The average molecular weight is 393 g/mol. The predicted molar refractivity (Wildman–Crippen MR) is 112 cm³/mol. The Hall–Kier alpha value is -2.93. The molecule has 1 aromatic carbocycles. The van der Waals surface area contributed by atoms with Crippen LogP contribution in [0, 0.1) is 0 Å². The zero-order valence-electron chi connectivity index (χ0n) is 16.9. The summed E-state index contributed by atoms with van der Waals surface area (Å²) in [6.07, 6.45) is 5.27. The number of nitrogens with one attached hydrogen (secondary N) is 1. The Morgan fingerprint density at radius 1 is 1.10 bits per heavy atom. The standard InChI is InChI=1S/C22H27N5O2/c1-26(2)22(16-6-4-3-5-7-16)12-10-21(11-13-22)15-27(20(29)25-21)17-8-9-18(19(23)28)24-14-17/h3-9,14H,10-13,15H2,1-2H3,(H2,23,28)(H,25,29)/t21-,22-. The van der Waals surface area contributed by atoms with Crippen LogP contribution in [-0.4, -0.2) is 48.0 Å². The minimum Gasteiger partial charge on any atom is -0.364 e. The summed E-state index contributed by atoms with van der Waals surface area (Å²) in [4.78, 5) is 32.1. The first-order valence-electron chi connectivity index (χ1n) is 9.94. The molecule has 1 spiro atoms. The Kier molecular flexibility index (Phi) is 4.78. The first-order chi connectivity index (χ1) is 13.9. The Balaban J connectivity index is 1.53. The SMILES string of the molecule is CN(C)[C@]1(c2ccccc2)CC[C@@]2(CC1)CN(c1ccc(C(N)=O)nc1)C(=O)N2. The molecular weight excluding hydrogens is 366 g/mol. The monoisotopic (exact) mass is 393 g/mol. The minimum absolute atomic E-state index is 0.0185. The van der Waals surface area contributed by atoms with Gasteiger partial charge >= 0.3 is 6.03 Å². The van der Waals surface area contributed by atoms with E-state index in [9.17, 15) is 9.59 Å². The Bertz CT molecular complexity index is 903. The van der Waals surface area contributed by atoms with E-state index < -0.39 is 5.91 Å². The normalized spacial score (nSPS) is 26.7. The molecule has 1 saturated carbocycles. The van der Waals surface area contributed by atoms with E-state index in [4.69, 9.17) is 5.73 Å². The van der Waals surface area contributed by atoms with Gasteiger partial charge < -0.3 is 11.1 Å². The van der Waals surface area contributed by atoms with Crippen molar-refractivity contribution in [2.75, 3.05) is 25.5 Å². The number of hydrogen-bond donors (Lipinski definition) is 2. The maximum atomic E-state index is 12.7. The molecule has 0 bridgehead atoms. The summed E-state index contributed by atoms with van der Waals surface area (Å²) in [5.74, 6) is -0.577. The fourth-order valence-electron chi connectivity index (χ4n) is 4.78. The van der Waals surface area contributed by atoms with Crippen LogP contribution in [0.5, 0.6) is 0 Å². The molecule has 2 aromatic rings. The molecule has 7 nitrogen and oxygen atoms in total. The lowest BCUT2D eigenvalue weighted by atomic mass is 9.69. The molecule has 4 rings (SSSR count). The summed E-state index contributed by atoms with van der Waals surface area (Å²) in [7, 11) is 4.27. The van der Waals surface area contributed by atoms with Gasteiger partial charge in [-0.1, -0.05) is 30.3 Å². The second kappa shape index (κ2) is 7.15. The fourth-order valence-corrected chi connectivity index (χ4v) is 4.78. The molecule has 1 aliphatic carbocycles. The van der Waals surface area contributed by atoms with Crippen LogP contribution >= 0.6 is 0 Å². The van der Waals surface area contributed by atoms with Gasteiger partial charge in [-0.3, -0.25) is 14.6 Å². The van der Waals surface area contributed by atoms with E-state index >= 15 is 0 Å². The molecule has 7 heteroatoms. The number of benzene rings is 1. The summed E-state index contributed by atoms with van der Waals surface area (Å²) in [5, 5.41) is 3.23. The molecule has 1 saturated heterocycles. The van der Waals surface area contributed by atoms with E-state index in [2.05, 4.69) is 53.6 Å². The van der Waals surface area contributed by atoms with Gasteiger partial charge in [0, 0.05) is 5.54 Å². The summed E-state index contributed by atoms with van der Waals surface area (Å²) in [6.45, 7) is 0.599. The molecule has 0 unspecified atom stereocenters. The lowest BCUT2D eigenvalue weighted by Crippen LogP contribution is -2.54. The average Bonchev–Trinajstić information content (AvgIpc) is 3.05. The molecule has 0 radical (unpaired) electrons. The summed E-state index contributed by atoms with van der Waals surface area (Å²) in [6, 6.07) is 13.8. The number of hydrogen-bond acceptors (Lipinski definition) is 4. The lowest BCUT2D eigenvalue weighted by Gasteiger charge is -2.48. The van der Waals surface area contributed by atoms with Crippen LogP contribution in [0.4, 0.5) is 10.5 Å². The quantitative estimate of drug-likeness (QED) is 0.835. The van der Waals surface area contributed by atoms with Crippen LogP contribution in [0.25, 0.3) is 0 Å². The lowest BCUT2D eigenvalue weighted by molar-refractivity contribution is 0.0658. The molecule has 152 valence electrons. The van der Waals surface area contributed by atoms with Crippen molar-refractivity contribution >= 4 is 17.6 Å². The number of carbonyl (C=O) groups excluding carboxylic acids is 2. The highest BCUT2D eigenvalue weighted by atomic mass is 16.2. The van der Waals surface area contributed by atoms with Crippen molar-refractivity contribution in [3.05, 3.63) is 59.9 Å². The molecule has 0 atom stereocenters. The smallest absolute Gasteiger partial charge is 0.322 e. The van der Waals surface area contributed by atoms with Crippen molar-refractivity contribution in [3.63, 3.8) is 0 Å². The van der Waals surface area contributed by atoms with E-state index in [0.29, 0.717) is 12.2 Å². The second-order valence-corrected chi connectivity index (χ2v) is 8.35. The zero-order chi connectivity index (χ0) is 20.6. The maximum absolute atomic E-state index is 12.7. The van der Waals surface area contributed by atoms with Crippen LogP contribution in [-0.2, 0) is 5.54 Å². The summed E-state index contributed by atoms with van der Waals surface area (Å²) >= 11 is 0. The Morgan fingerprint density at radius 2 is 1.79 bits per heavy atom. The molecule has 3 N–H and O–H groups in total. The number of rotatable bonds is 4. The van der Waals surface area contributed by atoms with Gasteiger partial charge in [0.25, 0.3) is 5.91 Å². The molecule has 2 aliphatic rings. The van der Waals surface area contributed by atoms with Crippen molar-refractivity contribution in [3.8, 4) is 0 Å². The van der Waals surface area contributed by atoms with E-state index in [-0.39, 0.29) is 22.8 Å². The van der Waals surface area contributed by atoms with Gasteiger partial charge in [0.1, 0.15) is 5.69 Å². The van der Waals surface area contributed by atoms with Gasteiger partial charge in [0.05, 0.1) is 24.0 Å². The van der Waals surface area contributed by atoms with Gasteiger partial charge in [0.15, 0.2) is 0 Å². The third kappa shape index (κ3) is 3.35. The van der Waals surface area contributed by atoms with E-state index in [0.717, 1.165) is 25.7 Å². The highest BCUT2D eigenvalue weighted by Crippen LogP contribution is 2.46. The largest absolute Gasteiger partial charge is 0.364 e. The molecular formula is C22H27N5O2. The predicted octanol–water partition coefficient (Wildman–Crippen LogP) is 2.48. The van der Waals surface area contributed by atoms with Crippen molar-refractivity contribution < 1.29 is 9.59 Å².